The summed E-state index contributed by atoms with van der Waals surface area (Å²) in [4.78, 5) is 21.9. The minimum atomic E-state index is -4.75. The van der Waals surface area contributed by atoms with E-state index in [4.69, 9.17) is 9.72 Å². The maximum atomic E-state index is 12.7. The van der Waals surface area contributed by atoms with E-state index in [0.29, 0.717) is 30.0 Å². The van der Waals surface area contributed by atoms with Crippen molar-refractivity contribution >= 4 is 17.1 Å². The maximum absolute atomic E-state index is 12.7. The second-order valence-electron chi connectivity index (χ2n) is 8.72. The number of alkyl halides is 3. The summed E-state index contributed by atoms with van der Waals surface area (Å²) in [5, 5.41) is 3.00. The maximum Gasteiger partial charge on any atom is 0.573 e. The molecule has 0 aliphatic heterocycles. The van der Waals surface area contributed by atoms with Crippen molar-refractivity contribution in [3.05, 3.63) is 83.3 Å². The summed E-state index contributed by atoms with van der Waals surface area (Å²) in [6, 6.07) is 14.9. The fourth-order valence-electron chi connectivity index (χ4n) is 4.01. The summed E-state index contributed by atoms with van der Waals surface area (Å²) in [5.41, 5.74) is 3.99. The van der Waals surface area contributed by atoms with Crippen LogP contribution in [0.1, 0.15) is 41.9 Å². The van der Waals surface area contributed by atoms with Crippen LogP contribution in [0.4, 0.5) is 13.2 Å². The molecule has 0 saturated carbocycles. The molecule has 1 amide bonds. The van der Waals surface area contributed by atoms with Crippen molar-refractivity contribution in [1.29, 1.82) is 0 Å². The highest BCUT2D eigenvalue weighted by molar-refractivity contribution is 5.77. The molecule has 1 atom stereocenters. The number of pyridine rings is 1. The molecule has 7 nitrogen and oxygen atoms in total. The van der Waals surface area contributed by atoms with Crippen LogP contribution in [0.15, 0.2) is 60.8 Å². The Bertz CT molecular complexity index is 1370. The molecule has 1 unspecified atom stereocenters. The molecule has 0 aliphatic rings. The molecule has 0 spiro atoms. The van der Waals surface area contributed by atoms with Crippen molar-refractivity contribution in [2.75, 3.05) is 7.11 Å². The summed E-state index contributed by atoms with van der Waals surface area (Å²) in [7, 11) is 1.60. The van der Waals surface area contributed by atoms with Crippen LogP contribution >= 0.6 is 0 Å². The Morgan fingerprint density at radius 2 is 1.76 bits per heavy atom. The van der Waals surface area contributed by atoms with Crippen LogP contribution in [0.25, 0.3) is 11.2 Å². The molecule has 4 rings (SSSR count). The second-order valence-corrected chi connectivity index (χ2v) is 8.72. The predicted octanol–water partition coefficient (Wildman–Crippen LogP) is 5.51. The number of carbonyl (C=O) groups is 1. The third kappa shape index (κ3) is 6.78. The molecule has 2 aromatic heterocycles. The number of nitrogens with one attached hydrogen (secondary N) is 1. The Balaban J connectivity index is 1.48. The van der Waals surface area contributed by atoms with Gasteiger partial charge in [-0.15, -0.1) is 13.2 Å². The van der Waals surface area contributed by atoms with Crippen molar-refractivity contribution in [3.8, 4) is 11.5 Å². The molecular formula is C27H27F3N4O3. The number of benzene rings is 2. The van der Waals surface area contributed by atoms with E-state index in [1.807, 2.05) is 48.7 Å². The Morgan fingerprint density at radius 1 is 1.08 bits per heavy atom. The SMILES string of the molecule is COc1ccc(C(C)NC(=O)CCc2nc3cc(C)cnc3n2Cc2ccc(OC(F)(F)F)cc2)cc1. The number of methoxy groups -OCH3 is 1. The molecule has 10 heteroatoms. The Labute approximate surface area is 212 Å². The van der Waals surface area contributed by atoms with Crippen LogP contribution in [0.5, 0.6) is 11.5 Å². The number of amides is 1. The highest BCUT2D eigenvalue weighted by atomic mass is 19.4. The van der Waals surface area contributed by atoms with Crippen molar-refractivity contribution in [1.82, 2.24) is 19.9 Å². The molecule has 4 aromatic rings. The first-order chi connectivity index (χ1) is 17.6. The zero-order valence-corrected chi connectivity index (χ0v) is 20.7. The molecule has 2 aromatic carbocycles. The van der Waals surface area contributed by atoms with Crippen molar-refractivity contribution in [3.63, 3.8) is 0 Å². The van der Waals surface area contributed by atoms with Gasteiger partial charge in [0.25, 0.3) is 0 Å². The molecule has 0 radical (unpaired) electrons. The standard InChI is InChI=1S/C27H27F3N4O3/c1-17-14-23-26(31-15-17)34(16-19-4-8-22(9-5-19)37-27(28,29)30)24(33-23)12-13-25(35)32-18(2)20-6-10-21(36-3)11-7-20/h4-11,14-15,18H,12-13,16H2,1-3H3,(H,32,35). The Morgan fingerprint density at radius 3 is 2.41 bits per heavy atom. The number of halogens is 3. The number of imidazole rings is 1. The summed E-state index contributed by atoms with van der Waals surface area (Å²) in [5.74, 6) is 0.992. The lowest BCUT2D eigenvalue weighted by Gasteiger charge is -2.15. The summed E-state index contributed by atoms with van der Waals surface area (Å²) >= 11 is 0. The van der Waals surface area contributed by atoms with E-state index < -0.39 is 6.36 Å². The lowest BCUT2D eigenvalue weighted by Crippen LogP contribution is -2.27. The lowest BCUT2D eigenvalue weighted by molar-refractivity contribution is -0.274. The van der Waals surface area contributed by atoms with Crippen LogP contribution in [0.2, 0.25) is 0 Å². The second kappa shape index (κ2) is 10.9. The fourth-order valence-corrected chi connectivity index (χ4v) is 4.01. The number of hydrogen-bond acceptors (Lipinski definition) is 5. The number of aromatic nitrogens is 3. The van der Waals surface area contributed by atoms with Crippen LogP contribution in [-0.4, -0.2) is 33.9 Å². The van der Waals surface area contributed by atoms with Gasteiger partial charge in [-0.3, -0.25) is 4.79 Å². The van der Waals surface area contributed by atoms with E-state index in [0.717, 1.165) is 22.4 Å². The number of aryl methyl sites for hydroxylation is 2. The van der Waals surface area contributed by atoms with Gasteiger partial charge in [0, 0.05) is 19.0 Å². The van der Waals surface area contributed by atoms with Crippen molar-refractivity contribution in [2.24, 2.45) is 0 Å². The summed E-state index contributed by atoms with van der Waals surface area (Å²) in [6.07, 6.45) is -2.44. The van der Waals surface area contributed by atoms with Gasteiger partial charge >= 0.3 is 6.36 Å². The summed E-state index contributed by atoms with van der Waals surface area (Å²) < 4.78 is 48.5. The minimum absolute atomic E-state index is 0.125. The van der Waals surface area contributed by atoms with Gasteiger partial charge in [-0.2, -0.15) is 0 Å². The van der Waals surface area contributed by atoms with Gasteiger partial charge in [-0.05, 0) is 60.9 Å². The molecular weight excluding hydrogens is 485 g/mol. The normalized spacial score (nSPS) is 12.4. The molecule has 0 fully saturated rings. The van der Waals surface area contributed by atoms with Gasteiger partial charge in [0.1, 0.15) is 22.8 Å². The van der Waals surface area contributed by atoms with Gasteiger partial charge in [0.05, 0.1) is 19.7 Å². The number of nitrogens with zero attached hydrogens (tertiary/aromatic N) is 3. The van der Waals surface area contributed by atoms with Crippen LogP contribution in [0, 0.1) is 6.92 Å². The molecule has 194 valence electrons. The van der Waals surface area contributed by atoms with E-state index in [-0.39, 0.29) is 24.1 Å². The van der Waals surface area contributed by atoms with Gasteiger partial charge in [0.2, 0.25) is 5.91 Å². The largest absolute Gasteiger partial charge is 0.573 e. The minimum Gasteiger partial charge on any atom is -0.497 e. The van der Waals surface area contributed by atoms with Crippen LogP contribution < -0.4 is 14.8 Å². The molecule has 37 heavy (non-hydrogen) atoms. The van der Waals surface area contributed by atoms with E-state index in [1.165, 1.54) is 12.1 Å². The number of carbonyl (C=O) groups excluding carboxylic acids is 1. The van der Waals surface area contributed by atoms with Crippen molar-refractivity contribution < 1.29 is 27.4 Å². The van der Waals surface area contributed by atoms with E-state index in [2.05, 4.69) is 15.0 Å². The van der Waals surface area contributed by atoms with Gasteiger partial charge in [0.15, 0.2) is 5.65 Å². The number of rotatable bonds is 9. The highest BCUT2D eigenvalue weighted by Crippen LogP contribution is 2.24. The lowest BCUT2D eigenvalue weighted by atomic mass is 10.1. The monoisotopic (exact) mass is 512 g/mol. The first-order valence-electron chi connectivity index (χ1n) is 11.7. The number of fused-ring (bicyclic) bond motifs is 1. The van der Waals surface area contributed by atoms with Gasteiger partial charge in [-0.25, -0.2) is 9.97 Å². The smallest absolute Gasteiger partial charge is 0.497 e. The van der Waals surface area contributed by atoms with Crippen LogP contribution in [0.3, 0.4) is 0 Å². The molecule has 0 saturated heterocycles. The topological polar surface area (TPSA) is 78.3 Å². The predicted molar refractivity (Wildman–Crippen MR) is 132 cm³/mol. The zero-order valence-electron chi connectivity index (χ0n) is 20.7. The van der Waals surface area contributed by atoms with Gasteiger partial charge in [-0.1, -0.05) is 24.3 Å². The van der Waals surface area contributed by atoms with E-state index >= 15 is 0 Å². The Kier molecular flexibility index (Phi) is 7.66. The third-order valence-corrected chi connectivity index (χ3v) is 5.87. The third-order valence-electron chi connectivity index (χ3n) is 5.87. The van der Waals surface area contributed by atoms with E-state index in [9.17, 15) is 18.0 Å². The quantitative estimate of drug-likeness (QED) is 0.320. The van der Waals surface area contributed by atoms with Crippen LogP contribution in [-0.2, 0) is 17.8 Å². The molecule has 1 N–H and O–H groups in total. The molecule has 2 heterocycles. The fraction of sp³-hybridized carbons (Fsp3) is 0.296. The number of ether oxygens (including phenoxy) is 2. The molecule has 0 aliphatic carbocycles. The number of hydrogen-bond donors (Lipinski definition) is 1. The molecule has 0 bridgehead atoms. The van der Waals surface area contributed by atoms with Crippen molar-refractivity contribution in [2.45, 2.75) is 45.6 Å². The van der Waals surface area contributed by atoms with Gasteiger partial charge < -0.3 is 19.4 Å². The average molecular weight is 513 g/mol. The Hall–Kier alpha value is -4.08. The first kappa shape index (κ1) is 26.0. The first-order valence-corrected chi connectivity index (χ1v) is 11.7. The summed E-state index contributed by atoms with van der Waals surface area (Å²) in [6.45, 7) is 4.16. The zero-order chi connectivity index (χ0) is 26.6. The highest BCUT2D eigenvalue weighted by Gasteiger charge is 2.31. The average Bonchev–Trinajstić information content (AvgIpc) is 3.19. The van der Waals surface area contributed by atoms with E-state index in [1.54, 1.807) is 25.4 Å².